The van der Waals surface area contributed by atoms with Crippen molar-refractivity contribution in [1.29, 1.82) is 0 Å². The fourth-order valence-corrected chi connectivity index (χ4v) is 1.83. The first-order chi connectivity index (χ1) is 9.12. The van der Waals surface area contributed by atoms with Crippen molar-refractivity contribution >= 4 is 5.97 Å². The average Bonchev–Trinajstić information content (AvgIpc) is 2.40. The summed E-state index contributed by atoms with van der Waals surface area (Å²) < 4.78 is 10.7. The maximum absolute atomic E-state index is 12.0. The maximum atomic E-state index is 12.0. The second-order valence-electron chi connectivity index (χ2n) is 4.49. The Bertz CT molecular complexity index is 380. The summed E-state index contributed by atoms with van der Waals surface area (Å²) in [5.74, 6) is 0.582. The molecule has 1 unspecified atom stereocenters. The first-order valence-corrected chi connectivity index (χ1v) is 6.72. The second-order valence-corrected chi connectivity index (χ2v) is 4.49. The van der Waals surface area contributed by atoms with E-state index in [0.717, 1.165) is 5.75 Å². The third-order valence-corrected chi connectivity index (χ3v) is 2.91. The van der Waals surface area contributed by atoms with Crippen molar-refractivity contribution in [3.05, 3.63) is 30.3 Å². The Hall–Kier alpha value is -1.55. The van der Waals surface area contributed by atoms with E-state index in [1.165, 1.54) is 0 Å². The first-order valence-electron chi connectivity index (χ1n) is 6.72. The van der Waals surface area contributed by atoms with Crippen LogP contribution in [0.3, 0.4) is 0 Å². The molecule has 106 valence electrons. The predicted octanol–water partition coefficient (Wildman–Crippen LogP) is 2.39. The van der Waals surface area contributed by atoms with Crippen LogP contribution in [0.15, 0.2) is 30.3 Å². The Balaban J connectivity index is 2.51. The highest BCUT2D eigenvalue weighted by atomic mass is 16.5. The Kier molecular flexibility index (Phi) is 6.36. The van der Waals surface area contributed by atoms with Crippen LogP contribution in [0.4, 0.5) is 0 Å². The van der Waals surface area contributed by atoms with Gasteiger partial charge in [-0.2, -0.15) is 0 Å². The summed E-state index contributed by atoms with van der Waals surface area (Å²) in [7, 11) is 0. The van der Waals surface area contributed by atoms with Gasteiger partial charge in [0.2, 0.25) is 0 Å². The Morgan fingerprint density at radius 2 is 1.95 bits per heavy atom. The molecule has 1 aromatic rings. The topological polar surface area (TPSA) is 47.6 Å². The van der Waals surface area contributed by atoms with Crippen LogP contribution >= 0.6 is 0 Å². The van der Waals surface area contributed by atoms with Crippen LogP contribution in [0.2, 0.25) is 0 Å². The highest BCUT2D eigenvalue weighted by Gasteiger charge is 2.33. The molecule has 4 nitrogen and oxygen atoms in total. The van der Waals surface area contributed by atoms with Gasteiger partial charge in [0.1, 0.15) is 11.3 Å². The molecular formula is C15H23NO3. The number of carbonyl (C=O) groups is 1. The molecule has 0 bridgehead atoms. The number of esters is 1. The fraction of sp³-hybridized carbons (Fsp3) is 0.533. The monoisotopic (exact) mass is 265 g/mol. The van der Waals surface area contributed by atoms with E-state index in [9.17, 15) is 4.79 Å². The number of hydrogen-bond donors (Lipinski definition) is 1. The van der Waals surface area contributed by atoms with E-state index in [4.69, 9.17) is 9.47 Å². The minimum absolute atomic E-state index is 0.228. The molecule has 0 radical (unpaired) electrons. The van der Waals surface area contributed by atoms with E-state index in [1.807, 2.05) is 51.1 Å². The Morgan fingerprint density at radius 1 is 1.26 bits per heavy atom. The van der Waals surface area contributed by atoms with Crippen molar-refractivity contribution in [3.8, 4) is 5.75 Å². The van der Waals surface area contributed by atoms with E-state index < -0.39 is 5.54 Å². The van der Waals surface area contributed by atoms with Gasteiger partial charge in [-0.3, -0.25) is 4.79 Å². The molecule has 0 aliphatic carbocycles. The third kappa shape index (κ3) is 4.91. The summed E-state index contributed by atoms with van der Waals surface area (Å²) in [6.07, 6.45) is 0.564. The molecule has 0 aliphatic heterocycles. The van der Waals surface area contributed by atoms with Crippen LogP contribution in [-0.2, 0) is 9.53 Å². The molecule has 0 aromatic heterocycles. The van der Waals surface area contributed by atoms with Gasteiger partial charge in [-0.15, -0.1) is 0 Å². The molecule has 0 aliphatic rings. The van der Waals surface area contributed by atoms with Crippen molar-refractivity contribution in [2.75, 3.05) is 19.8 Å². The van der Waals surface area contributed by atoms with E-state index in [0.29, 0.717) is 26.2 Å². The van der Waals surface area contributed by atoms with Crippen molar-refractivity contribution in [2.24, 2.45) is 0 Å². The van der Waals surface area contributed by atoms with Crippen LogP contribution in [0.1, 0.15) is 27.2 Å². The molecule has 0 spiro atoms. The lowest BCUT2D eigenvalue weighted by atomic mass is 9.98. The molecule has 0 fully saturated rings. The van der Waals surface area contributed by atoms with Gasteiger partial charge in [-0.1, -0.05) is 25.1 Å². The van der Waals surface area contributed by atoms with E-state index >= 15 is 0 Å². The molecule has 0 saturated carbocycles. The molecule has 1 atom stereocenters. The van der Waals surface area contributed by atoms with Gasteiger partial charge in [-0.05, 0) is 32.5 Å². The summed E-state index contributed by atoms with van der Waals surface area (Å²) in [5, 5.41) is 3.18. The van der Waals surface area contributed by atoms with E-state index in [1.54, 1.807) is 0 Å². The van der Waals surface area contributed by atoms with Crippen LogP contribution in [0.25, 0.3) is 0 Å². The van der Waals surface area contributed by atoms with Crippen LogP contribution in [0, 0.1) is 0 Å². The highest BCUT2D eigenvalue weighted by molar-refractivity contribution is 5.80. The van der Waals surface area contributed by atoms with Crippen molar-refractivity contribution in [1.82, 2.24) is 5.32 Å². The summed E-state index contributed by atoms with van der Waals surface area (Å²) in [6, 6.07) is 9.58. The molecule has 0 saturated heterocycles. The average molecular weight is 265 g/mol. The minimum atomic E-state index is -0.695. The van der Waals surface area contributed by atoms with Crippen molar-refractivity contribution in [3.63, 3.8) is 0 Å². The Morgan fingerprint density at radius 3 is 2.53 bits per heavy atom. The number of rotatable bonds is 8. The number of carbonyl (C=O) groups excluding carboxylic acids is 1. The number of hydrogen-bond acceptors (Lipinski definition) is 4. The predicted molar refractivity (Wildman–Crippen MR) is 75.3 cm³/mol. The van der Waals surface area contributed by atoms with Crippen molar-refractivity contribution in [2.45, 2.75) is 32.7 Å². The molecule has 1 rings (SSSR count). The van der Waals surface area contributed by atoms with Crippen LogP contribution < -0.4 is 10.1 Å². The molecule has 4 heteroatoms. The number of nitrogens with one attached hydrogen (secondary N) is 1. The lowest BCUT2D eigenvalue weighted by molar-refractivity contribution is -0.151. The van der Waals surface area contributed by atoms with Crippen LogP contribution in [-0.4, -0.2) is 31.3 Å². The van der Waals surface area contributed by atoms with Gasteiger partial charge in [0.05, 0.1) is 13.2 Å². The van der Waals surface area contributed by atoms with Gasteiger partial charge in [0.25, 0.3) is 0 Å². The first kappa shape index (κ1) is 15.5. The third-order valence-electron chi connectivity index (χ3n) is 2.91. The van der Waals surface area contributed by atoms with Crippen LogP contribution in [0.5, 0.6) is 5.75 Å². The van der Waals surface area contributed by atoms with Gasteiger partial charge < -0.3 is 14.8 Å². The largest absolute Gasteiger partial charge is 0.494 e. The molecular weight excluding hydrogens is 242 g/mol. The number of likely N-dealkylation sites (N-methyl/N-ethyl adjacent to an activating group) is 1. The van der Waals surface area contributed by atoms with Gasteiger partial charge >= 0.3 is 5.97 Å². The molecule has 0 heterocycles. The summed E-state index contributed by atoms with van der Waals surface area (Å²) in [5.41, 5.74) is -0.695. The van der Waals surface area contributed by atoms with Gasteiger partial charge in [-0.25, -0.2) is 0 Å². The summed E-state index contributed by atoms with van der Waals surface area (Å²) in [6.45, 7) is 7.19. The standard InChI is InChI=1S/C15H23NO3/c1-4-16-15(3,14(17)18-5-2)11-12-19-13-9-7-6-8-10-13/h6-10,16H,4-5,11-12H2,1-3H3. The van der Waals surface area contributed by atoms with Gasteiger partial charge in [0, 0.05) is 6.42 Å². The zero-order valence-electron chi connectivity index (χ0n) is 11.9. The fourth-order valence-electron chi connectivity index (χ4n) is 1.83. The second kappa shape index (κ2) is 7.79. The smallest absolute Gasteiger partial charge is 0.326 e. The van der Waals surface area contributed by atoms with E-state index in [2.05, 4.69) is 5.32 Å². The number of ether oxygens (including phenoxy) is 2. The normalized spacial score (nSPS) is 13.6. The number of benzene rings is 1. The molecule has 1 N–H and O–H groups in total. The highest BCUT2D eigenvalue weighted by Crippen LogP contribution is 2.15. The van der Waals surface area contributed by atoms with Crippen molar-refractivity contribution < 1.29 is 14.3 Å². The Labute approximate surface area is 115 Å². The lowest BCUT2D eigenvalue weighted by Crippen LogP contribution is -2.51. The molecule has 0 amide bonds. The summed E-state index contributed by atoms with van der Waals surface area (Å²) >= 11 is 0. The molecule has 1 aromatic carbocycles. The SMILES string of the molecule is CCNC(C)(CCOc1ccccc1)C(=O)OCC. The molecule has 19 heavy (non-hydrogen) atoms. The maximum Gasteiger partial charge on any atom is 0.326 e. The summed E-state index contributed by atoms with van der Waals surface area (Å²) in [4.78, 5) is 12.0. The zero-order chi connectivity index (χ0) is 14.1. The minimum Gasteiger partial charge on any atom is -0.494 e. The zero-order valence-corrected chi connectivity index (χ0v) is 11.9. The lowest BCUT2D eigenvalue weighted by Gasteiger charge is -2.28. The van der Waals surface area contributed by atoms with Gasteiger partial charge in [0.15, 0.2) is 0 Å². The van der Waals surface area contributed by atoms with E-state index in [-0.39, 0.29) is 5.97 Å². The number of para-hydroxylation sites is 1. The quantitative estimate of drug-likeness (QED) is 0.733.